The molecule has 2 aromatic carbocycles. The van der Waals surface area contributed by atoms with Crippen molar-refractivity contribution in [3.8, 4) is 0 Å². The number of nitrogens with zero attached hydrogens (tertiary/aromatic N) is 2. The highest BCUT2D eigenvalue weighted by Gasteiger charge is 2.27. The second kappa shape index (κ2) is 7.46. The minimum absolute atomic E-state index is 0.379. The molecule has 5 nitrogen and oxygen atoms in total. The predicted molar refractivity (Wildman–Crippen MR) is 106 cm³/mol. The van der Waals surface area contributed by atoms with E-state index < -0.39 is 9.84 Å². The molecule has 0 aliphatic carbocycles. The van der Waals surface area contributed by atoms with Crippen molar-refractivity contribution in [2.45, 2.75) is 24.4 Å². The van der Waals surface area contributed by atoms with Gasteiger partial charge >= 0.3 is 0 Å². The van der Waals surface area contributed by atoms with Crippen molar-refractivity contribution in [1.82, 2.24) is 15.3 Å². The molecule has 27 heavy (non-hydrogen) atoms. The highest BCUT2D eigenvalue weighted by Crippen LogP contribution is 2.24. The fourth-order valence-electron chi connectivity index (χ4n) is 3.74. The van der Waals surface area contributed by atoms with E-state index in [1.165, 1.54) is 23.1 Å². The number of rotatable bonds is 5. The van der Waals surface area contributed by atoms with Gasteiger partial charge in [0.2, 0.25) is 0 Å². The lowest BCUT2D eigenvalue weighted by atomic mass is 10.1. The Kier molecular flexibility index (Phi) is 5.04. The van der Waals surface area contributed by atoms with Gasteiger partial charge < -0.3 is 5.43 Å². The molecule has 6 heteroatoms. The topological polar surface area (TPSA) is 52.7 Å². The van der Waals surface area contributed by atoms with Crippen LogP contribution in [0.3, 0.4) is 0 Å². The van der Waals surface area contributed by atoms with Crippen molar-refractivity contribution < 1.29 is 8.42 Å². The second-order valence-electron chi connectivity index (χ2n) is 7.41. The molecular weight excluding hydrogens is 358 g/mol. The van der Waals surface area contributed by atoms with Gasteiger partial charge in [-0.05, 0) is 35.3 Å². The number of sulfone groups is 1. The van der Waals surface area contributed by atoms with Crippen LogP contribution in [0.2, 0.25) is 0 Å². The molecule has 142 valence electrons. The van der Waals surface area contributed by atoms with E-state index in [0.29, 0.717) is 4.90 Å². The normalized spacial score (nSPS) is 18.4. The Labute approximate surface area is 161 Å². The summed E-state index contributed by atoms with van der Waals surface area (Å²) in [6.07, 6.45) is 2.32. The Hall–Kier alpha value is -2.15. The van der Waals surface area contributed by atoms with E-state index in [1.54, 1.807) is 12.1 Å². The SMILES string of the molecule is CS(=O)(=O)c1ccc(CN2CCC3=C(C2)NN(Cc2ccccc2)C3)cc1. The van der Waals surface area contributed by atoms with Crippen molar-refractivity contribution in [3.63, 3.8) is 0 Å². The molecule has 0 spiro atoms. The first-order chi connectivity index (χ1) is 13.0. The average molecular weight is 384 g/mol. The maximum Gasteiger partial charge on any atom is 0.175 e. The van der Waals surface area contributed by atoms with E-state index in [0.717, 1.165) is 44.7 Å². The molecule has 0 amide bonds. The molecular formula is C21H25N3O2S. The van der Waals surface area contributed by atoms with Crippen LogP contribution in [0.15, 0.2) is 70.8 Å². The van der Waals surface area contributed by atoms with Gasteiger partial charge in [0.15, 0.2) is 9.84 Å². The summed E-state index contributed by atoms with van der Waals surface area (Å²) in [7, 11) is -3.13. The van der Waals surface area contributed by atoms with Crippen molar-refractivity contribution in [2.75, 3.05) is 25.9 Å². The molecule has 0 saturated carbocycles. The van der Waals surface area contributed by atoms with Crippen LogP contribution in [0, 0.1) is 0 Å². The van der Waals surface area contributed by atoms with Crippen molar-refractivity contribution in [1.29, 1.82) is 0 Å². The molecule has 0 radical (unpaired) electrons. The fourth-order valence-corrected chi connectivity index (χ4v) is 4.37. The van der Waals surface area contributed by atoms with Crippen LogP contribution in [0.5, 0.6) is 0 Å². The summed E-state index contributed by atoms with van der Waals surface area (Å²) in [5.41, 5.74) is 8.87. The molecule has 1 N–H and O–H groups in total. The average Bonchev–Trinajstić information content (AvgIpc) is 3.04. The molecule has 0 bridgehead atoms. The summed E-state index contributed by atoms with van der Waals surface area (Å²) in [5, 5.41) is 2.28. The highest BCUT2D eigenvalue weighted by molar-refractivity contribution is 7.90. The standard InChI is InChI=1S/C21H25N3O2S/c1-27(25,26)20-9-7-18(8-10-20)13-23-12-11-19-15-24(22-21(19)16-23)14-17-5-3-2-4-6-17/h2-10,22H,11-16H2,1H3. The van der Waals surface area contributed by atoms with E-state index in [-0.39, 0.29) is 0 Å². The van der Waals surface area contributed by atoms with Crippen LogP contribution in [0.25, 0.3) is 0 Å². The molecule has 0 fully saturated rings. The third kappa shape index (κ3) is 4.40. The maximum absolute atomic E-state index is 11.6. The van der Waals surface area contributed by atoms with Gasteiger partial charge in [0.05, 0.1) is 4.90 Å². The molecule has 2 aromatic rings. The maximum atomic E-state index is 11.6. The summed E-state index contributed by atoms with van der Waals surface area (Å²) in [6, 6.07) is 17.8. The van der Waals surface area contributed by atoms with Crippen LogP contribution < -0.4 is 5.43 Å². The lowest BCUT2D eigenvalue weighted by Crippen LogP contribution is -2.36. The molecule has 2 aliphatic rings. The Morgan fingerprint density at radius 3 is 2.33 bits per heavy atom. The Morgan fingerprint density at radius 1 is 0.926 bits per heavy atom. The van der Waals surface area contributed by atoms with Gasteiger partial charge in [-0.1, -0.05) is 42.5 Å². The van der Waals surface area contributed by atoms with E-state index in [9.17, 15) is 8.42 Å². The molecule has 2 aliphatic heterocycles. The van der Waals surface area contributed by atoms with Gasteiger partial charge in [-0.2, -0.15) is 0 Å². The largest absolute Gasteiger partial charge is 0.321 e. The zero-order valence-electron chi connectivity index (χ0n) is 15.6. The van der Waals surface area contributed by atoms with Gasteiger partial charge in [0.25, 0.3) is 0 Å². The van der Waals surface area contributed by atoms with E-state index in [1.807, 2.05) is 18.2 Å². The highest BCUT2D eigenvalue weighted by atomic mass is 32.2. The molecule has 0 atom stereocenters. The Morgan fingerprint density at radius 2 is 1.63 bits per heavy atom. The first kappa shape index (κ1) is 18.2. The van der Waals surface area contributed by atoms with Gasteiger partial charge in [0, 0.05) is 44.7 Å². The zero-order valence-corrected chi connectivity index (χ0v) is 16.4. The monoisotopic (exact) mass is 383 g/mol. The fraction of sp³-hybridized carbons (Fsp3) is 0.333. The number of benzene rings is 2. The molecule has 0 unspecified atom stereocenters. The smallest absolute Gasteiger partial charge is 0.175 e. The lowest BCUT2D eigenvalue weighted by Gasteiger charge is -2.28. The summed E-state index contributed by atoms with van der Waals surface area (Å²) in [4.78, 5) is 2.79. The molecule has 0 aromatic heterocycles. The van der Waals surface area contributed by atoms with Gasteiger partial charge in [-0.15, -0.1) is 0 Å². The first-order valence-corrected chi connectivity index (χ1v) is 11.1. The minimum atomic E-state index is -3.13. The minimum Gasteiger partial charge on any atom is -0.321 e. The summed E-state index contributed by atoms with van der Waals surface area (Å²) >= 11 is 0. The van der Waals surface area contributed by atoms with Crippen molar-refractivity contribution in [2.24, 2.45) is 0 Å². The summed E-state index contributed by atoms with van der Waals surface area (Å²) in [6.45, 7) is 4.67. The van der Waals surface area contributed by atoms with Gasteiger partial charge in [-0.25, -0.2) is 13.4 Å². The van der Waals surface area contributed by atoms with Crippen LogP contribution in [-0.4, -0.2) is 44.2 Å². The lowest BCUT2D eigenvalue weighted by molar-refractivity contribution is 0.234. The number of nitrogens with one attached hydrogen (secondary N) is 1. The van der Waals surface area contributed by atoms with Crippen LogP contribution >= 0.6 is 0 Å². The molecule has 0 saturated heterocycles. The number of hydrogen-bond acceptors (Lipinski definition) is 5. The van der Waals surface area contributed by atoms with Crippen molar-refractivity contribution >= 4 is 9.84 Å². The van der Waals surface area contributed by atoms with Gasteiger partial charge in [0.1, 0.15) is 0 Å². The predicted octanol–water partition coefficient (Wildman–Crippen LogP) is 2.57. The van der Waals surface area contributed by atoms with Crippen LogP contribution in [-0.2, 0) is 22.9 Å². The van der Waals surface area contributed by atoms with E-state index >= 15 is 0 Å². The Bertz CT molecular complexity index is 937. The van der Waals surface area contributed by atoms with Crippen LogP contribution in [0.4, 0.5) is 0 Å². The number of hydrazine groups is 1. The third-order valence-corrected chi connectivity index (χ3v) is 6.32. The first-order valence-electron chi connectivity index (χ1n) is 9.25. The molecule has 4 rings (SSSR count). The van der Waals surface area contributed by atoms with E-state index in [2.05, 4.69) is 39.6 Å². The second-order valence-corrected chi connectivity index (χ2v) is 9.43. The zero-order chi connectivity index (χ0) is 18.9. The summed E-state index contributed by atoms with van der Waals surface area (Å²) in [5.74, 6) is 0. The third-order valence-electron chi connectivity index (χ3n) is 5.19. The quantitative estimate of drug-likeness (QED) is 0.860. The molecule has 2 heterocycles. The van der Waals surface area contributed by atoms with Gasteiger partial charge in [-0.3, -0.25) is 4.90 Å². The van der Waals surface area contributed by atoms with Crippen molar-refractivity contribution in [3.05, 3.63) is 77.0 Å². The Balaban J connectivity index is 1.35. The number of hydrogen-bond donors (Lipinski definition) is 1. The van der Waals surface area contributed by atoms with Crippen LogP contribution in [0.1, 0.15) is 17.5 Å². The summed E-state index contributed by atoms with van der Waals surface area (Å²) < 4.78 is 23.2. The van der Waals surface area contributed by atoms with E-state index in [4.69, 9.17) is 0 Å².